The van der Waals surface area contributed by atoms with E-state index in [1.807, 2.05) is 24.3 Å². The fraction of sp³-hybridized carbons (Fsp3) is 0.500. The van der Waals surface area contributed by atoms with Gasteiger partial charge in [0.25, 0.3) is 0 Å². The Bertz CT molecular complexity index is 911. The van der Waals surface area contributed by atoms with Crippen molar-refractivity contribution in [3.05, 3.63) is 47.5 Å². The minimum absolute atomic E-state index is 0.00467. The van der Waals surface area contributed by atoms with Crippen LogP contribution in [0.25, 0.3) is 0 Å². The van der Waals surface area contributed by atoms with Crippen LogP contribution in [0.3, 0.4) is 0 Å². The van der Waals surface area contributed by atoms with Crippen LogP contribution in [0.2, 0.25) is 0 Å². The third-order valence-corrected chi connectivity index (χ3v) is 6.08. The van der Waals surface area contributed by atoms with Crippen LogP contribution < -0.4 is 18.9 Å². The van der Waals surface area contributed by atoms with E-state index >= 15 is 0 Å². The van der Waals surface area contributed by atoms with E-state index in [9.17, 15) is 0 Å². The zero-order valence-electron chi connectivity index (χ0n) is 17.6. The first-order valence-corrected chi connectivity index (χ1v) is 10.6. The maximum absolute atomic E-state index is 6.26. The Hall–Kier alpha value is -2.44. The summed E-state index contributed by atoms with van der Waals surface area (Å²) in [5, 5.41) is 0. The molecule has 3 aliphatic heterocycles. The number of ether oxygens (including phenoxy) is 6. The van der Waals surface area contributed by atoms with Crippen molar-refractivity contribution >= 4 is 0 Å². The Labute approximate surface area is 177 Å². The van der Waals surface area contributed by atoms with E-state index in [0.29, 0.717) is 37.6 Å². The highest BCUT2D eigenvalue weighted by Crippen LogP contribution is 2.51. The van der Waals surface area contributed by atoms with Gasteiger partial charge in [-0.05, 0) is 41.3 Å². The average molecular weight is 412 g/mol. The first-order chi connectivity index (χ1) is 14.6. The van der Waals surface area contributed by atoms with Gasteiger partial charge < -0.3 is 28.4 Å². The summed E-state index contributed by atoms with van der Waals surface area (Å²) < 4.78 is 34.9. The van der Waals surface area contributed by atoms with Crippen LogP contribution in [0.15, 0.2) is 36.4 Å². The lowest BCUT2D eigenvalue weighted by Gasteiger charge is -2.19. The third kappa shape index (κ3) is 3.48. The molecule has 2 fully saturated rings. The Morgan fingerprint density at radius 1 is 0.867 bits per heavy atom. The Balaban J connectivity index is 1.33. The number of hydrogen-bond donors (Lipinski definition) is 0. The first kappa shape index (κ1) is 19.5. The fourth-order valence-corrected chi connectivity index (χ4v) is 4.56. The van der Waals surface area contributed by atoms with E-state index in [0.717, 1.165) is 34.1 Å². The first-order valence-electron chi connectivity index (χ1n) is 10.6. The standard InChI is InChI=1S/C24H28O6/c1-14(2)10-26-19-6-4-15(8-21(19)25-3)23-17-11-28-24(18(17)12-27-23)16-5-7-20-22(9-16)30-13-29-20/h4-9,14,17-18,23-24H,10-13H2,1-3H3. The van der Waals surface area contributed by atoms with Gasteiger partial charge in [-0.2, -0.15) is 0 Å². The zero-order chi connectivity index (χ0) is 20.7. The molecule has 160 valence electrons. The van der Waals surface area contributed by atoms with Crippen LogP contribution in [0.5, 0.6) is 23.0 Å². The number of fused-ring (bicyclic) bond motifs is 2. The normalized spacial score (nSPS) is 26.8. The van der Waals surface area contributed by atoms with E-state index in [1.165, 1.54) is 0 Å². The second-order valence-corrected chi connectivity index (χ2v) is 8.56. The van der Waals surface area contributed by atoms with Gasteiger partial charge in [-0.25, -0.2) is 0 Å². The van der Waals surface area contributed by atoms with Crippen molar-refractivity contribution in [1.29, 1.82) is 0 Å². The van der Waals surface area contributed by atoms with Gasteiger partial charge in [0.1, 0.15) is 0 Å². The maximum Gasteiger partial charge on any atom is 0.231 e. The van der Waals surface area contributed by atoms with Gasteiger partial charge in [0.05, 0.1) is 39.1 Å². The quantitative estimate of drug-likeness (QED) is 0.695. The minimum atomic E-state index is -0.0120. The number of hydrogen-bond acceptors (Lipinski definition) is 6. The van der Waals surface area contributed by atoms with Crippen LogP contribution in [-0.4, -0.2) is 33.7 Å². The molecule has 0 saturated carbocycles. The molecule has 5 rings (SSSR count). The lowest BCUT2D eigenvalue weighted by molar-refractivity contribution is 0.0191. The monoisotopic (exact) mass is 412 g/mol. The predicted octanol–water partition coefficient (Wildman–Crippen LogP) is 4.53. The van der Waals surface area contributed by atoms with Gasteiger partial charge in [0.15, 0.2) is 23.0 Å². The summed E-state index contributed by atoms with van der Waals surface area (Å²) in [7, 11) is 1.67. The summed E-state index contributed by atoms with van der Waals surface area (Å²) >= 11 is 0. The second kappa shape index (κ2) is 8.00. The highest BCUT2D eigenvalue weighted by atomic mass is 16.7. The number of rotatable bonds is 6. The molecule has 30 heavy (non-hydrogen) atoms. The molecule has 0 aliphatic carbocycles. The van der Waals surface area contributed by atoms with Crippen molar-refractivity contribution in [1.82, 2.24) is 0 Å². The van der Waals surface area contributed by atoms with Gasteiger partial charge in [-0.15, -0.1) is 0 Å². The molecule has 0 aromatic heterocycles. The van der Waals surface area contributed by atoms with Crippen molar-refractivity contribution in [2.75, 3.05) is 33.7 Å². The summed E-state index contributed by atoms with van der Waals surface area (Å²) in [4.78, 5) is 0. The maximum atomic E-state index is 6.26. The molecular formula is C24H28O6. The topological polar surface area (TPSA) is 55.4 Å². The summed E-state index contributed by atoms with van der Waals surface area (Å²) in [6.45, 7) is 6.53. The minimum Gasteiger partial charge on any atom is -0.493 e. The molecule has 3 aliphatic rings. The molecule has 4 unspecified atom stereocenters. The van der Waals surface area contributed by atoms with Gasteiger partial charge in [-0.1, -0.05) is 26.0 Å². The lowest BCUT2D eigenvalue weighted by Crippen LogP contribution is -2.14. The average Bonchev–Trinajstić information content (AvgIpc) is 3.47. The van der Waals surface area contributed by atoms with E-state index in [-0.39, 0.29) is 19.0 Å². The summed E-state index contributed by atoms with van der Waals surface area (Å²) in [6.07, 6.45) is -0.00731. The molecule has 2 aromatic carbocycles. The molecule has 0 N–H and O–H groups in total. The highest BCUT2D eigenvalue weighted by molar-refractivity contribution is 5.46. The summed E-state index contributed by atoms with van der Waals surface area (Å²) in [5.41, 5.74) is 2.22. The molecule has 0 amide bonds. The van der Waals surface area contributed by atoms with Gasteiger partial charge >= 0.3 is 0 Å². The van der Waals surface area contributed by atoms with Crippen LogP contribution in [0.1, 0.15) is 37.2 Å². The summed E-state index contributed by atoms with van der Waals surface area (Å²) in [5.74, 6) is 4.15. The molecule has 4 atom stereocenters. The number of benzene rings is 2. The Morgan fingerprint density at radius 3 is 2.23 bits per heavy atom. The molecule has 0 radical (unpaired) electrons. The molecular weight excluding hydrogens is 384 g/mol. The second-order valence-electron chi connectivity index (χ2n) is 8.56. The zero-order valence-corrected chi connectivity index (χ0v) is 17.6. The molecule has 2 saturated heterocycles. The van der Waals surface area contributed by atoms with E-state index in [1.54, 1.807) is 7.11 Å². The SMILES string of the molecule is COc1cc(C2OCC3C(c4ccc5c(c4)OCO5)OCC23)ccc1OCC(C)C. The Kier molecular flexibility index (Phi) is 5.21. The van der Waals surface area contributed by atoms with Crippen molar-refractivity contribution in [2.24, 2.45) is 17.8 Å². The Morgan fingerprint density at radius 2 is 1.53 bits per heavy atom. The molecule has 0 spiro atoms. The van der Waals surface area contributed by atoms with Crippen molar-refractivity contribution in [2.45, 2.75) is 26.1 Å². The predicted molar refractivity (Wildman–Crippen MR) is 110 cm³/mol. The lowest BCUT2D eigenvalue weighted by atomic mass is 9.85. The van der Waals surface area contributed by atoms with Gasteiger partial charge in [-0.3, -0.25) is 0 Å². The molecule has 2 aromatic rings. The largest absolute Gasteiger partial charge is 0.493 e. The van der Waals surface area contributed by atoms with Gasteiger partial charge in [0.2, 0.25) is 6.79 Å². The fourth-order valence-electron chi connectivity index (χ4n) is 4.56. The van der Waals surface area contributed by atoms with Crippen LogP contribution >= 0.6 is 0 Å². The van der Waals surface area contributed by atoms with E-state index < -0.39 is 0 Å². The van der Waals surface area contributed by atoms with E-state index in [4.69, 9.17) is 28.4 Å². The van der Waals surface area contributed by atoms with E-state index in [2.05, 4.69) is 26.0 Å². The third-order valence-electron chi connectivity index (χ3n) is 6.08. The van der Waals surface area contributed by atoms with Crippen molar-refractivity contribution in [3.63, 3.8) is 0 Å². The summed E-state index contributed by atoms with van der Waals surface area (Å²) in [6, 6.07) is 12.2. The number of methoxy groups -OCH3 is 1. The van der Waals surface area contributed by atoms with Crippen LogP contribution in [0.4, 0.5) is 0 Å². The smallest absolute Gasteiger partial charge is 0.231 e. The van der Waals surface area contributed by atoms with Crippen molar-refractivity contribution < 1.29 is 28.4 Å². The molecule has 0 bridgehead atoms. The molecule has 3 heterocycles. The van der Waals surface area contributed by atoms with Crippen LogP contribution in [-0.2, 0) is 9.47 Å². The van der Waals surface area contributed by atoms with Gasteiger partial charge in [0, 0.05) is 11.8 Å². The molecule has 6 heteroatoms. The highest BCUT2D eigenvalue weighted by Gasteiger charge is 2.48. The molecule has 6 nitrogen and oxygen atoms in total. The van der Waals surface area contributed by atoms with Crippen molar-refractivity contribution in [3.8, 4) is 23.0 Å². The van der Waals surface area contributed by atoms with Crippen LogP contribution in [0, 0.1) is 17.8 Å².